The van der Waals surface area contributed by atoms with Crippen molar-refractivity contribution in [3.05, 3.63) is 40.8 Å². The number of aromatic nitrogens is 2. The quantitative estimate of drug-likeness (QED) is 0.874. The van der Waals surface area contributed by atoms with E-state index in [4.69, 9.17) is 10.5 Å². The Balaban J connectivity index is 1.71. The van der Waals surface area contributed by atoms with Crippen LogP contribution in [0.4, 0.5) is 15.9 Å². The molecular formula is C18H21FN4O2. The van der Waals surface area contributed by atoms with Crippen LogP contribution in [0, 0.1) is 5.82 Å². The summed E-state index contributed by atoms with van der Waals surface area (Å²) in [6.45, 7) is 0.666. The van der Waals surface area contributed by atoms with Gasteiger partial charge in [0.2, 0.25) is 0 Å². The van der Waals surface area contributed by atoms with Crippen LogP contribution in [0.25, 0.3) is 0 Å². The molecule has 132 valence electrons. The van der Waals surface area contributed by atoms with E-state index < -0.39 is 5.92 Å². The van der Waals surface area contributed by atoms with Crippen LogP contribution in [-0.2, 0) is 17.6 Å². The number of nitrogen functional groups attached to an aromatic ring is 1. The van der Waals surface area contributed by atoms with Crippen molar-refractivity contribution in [1.82, 2.24) is 9.78 Å². The highest BCUT2D eigenvalue weighted by Crippen LogP contribution is 2.35. The number of hydrogen-bond acceptors (Lipinski definition) is 5. The van der Waals surface area contributed by atoms with Crippen LogP contribution < -0.4 is 11.1 Å². The van der Waals surface area contributed by atoms with E-state index in [0.29, 0.717) is 37.2 Å². The zero-order valence-corrected chi connectivity index (χ0v) is 14.1. The second-order valence-corrected chi connectivity index (χ2v) is 6.66. The Labute approximate surface area is 145 Å². The number of carbonyl (C=O) groups excluding carboxylic acids is 1. The summed E-state index contributed by atoms with van der Waals surface area (Å²) in [5, 5.41) is 7.52. The number of nitrogens with two attached hydrogens (primary N) is 1. The Morgan fingerprint density at radius 2 is 2.28 bits per heavy atom. The van der Waals surface area contributed by atoms with Crippen molar-refractivity contribution in [2.45, 2.75) is 37.7 Å². The van der Waals surface area contributed by atoms with Crippen LogP contribution in [-0.4, -0.2) is 35.4 Å². The van der Waals surface area contributed by atoms with Gasteiger partial charge in [0.15, 0.2) is 0 Å². The fourth-order valence-electron chi connectivity index (χ4n) is 3.89. The summed E-state index contributed by atoms with van der Waals surface area (Å²) >= 11 is 0. The number of rotatable bonds is 2. The van der Waals surface area contributed by atoms with E-state index in [-0.39, 0.29) is 17.8 Å². The summed E-state index contributed by atoms with van der Waals surface area (Å²) in [7, 11) is 1.68. The third kappa shape index (κ3) is 2.68. The van der Waals surface area contributed by atoms with Gasteiger partial charge in [0.25, 0.3) is 5.91 Å². The highest BCUT2D eigenvalue weighted by molar-refractivity contribution is 5.89. The molecule has 2 heterocycles. The lowest BCUT2D eigenvalue weighted by Crippen LogP contribution is -2.30. The number of carbonyl (C=O) groups is 1. The molecule has 0 radical (unpaired) electrons. The Morgan fingerprint density at radius 1 is 1.44 bits per heavy atom. The molecule has 0 spiro atoms. The van der Waals surface area contributed by atoms with E-state index in [2.05, 4.69) is 10.4 Å². The van der Waals surface area contributed by atoms with E-state index in [1.54, 1.807) is 13.2 Å². The number of methoxy groups -OCH3 is 1. The van der Waals surface area contributed by atoms with E-state index >= 15 is 0 Å². The monoisotopic (exact) mass is 344 g/mol. The Hall–Kier alpha value is -2.41. The number of halogens is 1. The predicted octanol–water partition coefficient (Wildman–Crippen LogP) is 2.35. The first-order valence-electron chi connectivity index (χ1n) is 8.55. The molecule has 2 aromatic rings. The van der Waals surface area contributed by atoms with Gasteiger partial charge in [-0.3, -0.25) is 4.79 Å². The predicted molar refractivity (Wildman–Crippen MR) is 92.3 cm³/mol. The lowest BCUT2D eigenvalue weighted by molar-refractivity contribution is 0.0823. The van der Waals surface area contributed by atoms with E-state index in [9.17, 15) is 9.18 Å². The maximum absolute atomic E-state index is 13.7. The van der Waals surface area contributed by atoms with Crippen molar-refractivity contribution in [2.75, 3.05) is 24.7 Å². The average Bonchev–Trinajstić information content (AvgIpc) is 2.96. The van der Waals surface area contributed by atoms with Crippen molar-refractivity contribution in [3.8, 4) is 0 Å². The molecule has 2 atom stereocenters. The summed E-state index contributed by atoms with van der Waals surface area (Å²) in [5.74, 6) is -0.517. The first-order chi connectivity index (χ1) is 12.1. The van der Waals surface area contributed by atoms with Crippen molar-refractivity contribution in [1.29, 1.82) is 0 Å². The van der Waals surface area contributed by atoms with Crippen molar-refractivity contribution in [3.63, 3.8) is 0 Å². The van der Waals surface area contributed by atoms with Crippen molar-refractivity contribution in [2.24, 2.45) is 0 Å². The minimum absolute atomic E-state index is 0.108. The molecule has 7 heteroatoms. The second kappa shape index (κ2) is 6.15. The normalized spacial score (nSPS) is 22.0. The first-order valence-corrected chi connectivity index (χ1v) is 8.55. The van der Waals surface area contributed by atoms with Gasteiger partial charge in [0.1, 0.15) is 11.6 Å². The molecule has 0 fully saturated rings. The van der Waals surface area contributed by atoms with Gasteiger partial charge in [0, 0.05) is 31.3 Å². The minimum atomic E-state index is -0.421. The van der Waals surface area contributed by atoms with E-state index in [1.165, 1.54) is 16.8 Å². The molecule has 2 aliphatic rings. The maximum atomic E-state index is 13.7. The third-order valence-corrected chi connectivity index (χ3v) is 5.23. The molecule has 4 rings (SSSR count). The summed E-state index contributed by atoms with van der Waals surface area (Å²) in [6.07, 6.45) is 2.91. The molecule has 0 saturated carbocycles. The van der Waals surface area contributed by atoms with Crippen LogP contribution >= 0.6 is 0 Å². The number of nitrogens with zero attached hydrogens (tertiary/aromatic N) is 2. The molecular weight excluding hydrogens is 323 g/mol. The zero-order valence-electron chi connectivity index (χ0n) is 14.1. The molecule has 3 N–H and O–H groups in total. The fraction of sp³-hybridized carbons (Fsp3) is 0.444. The SMILES string of the molecule is COC1CCc2c(c(N)nn2C(=O)[C@@H]2CCNc3ccc(F)cc32)C1. The Kier molecular flexibility index (Phi) is 3.95. The number of benzene rings is 1. The smallest absolute Gasteiger partial charge is 0.254 e. The lowest BCUT2D eigenvalue weighted by atomic mass is 9.89. The number of fused-ring (bicyclic) bond motifs is 2. The van der Waals surface area contributed by atoms with Gasteiger partial charge in [-0.05, 0) is 43.0 Å². The lowest BCUT2D eigenvalue weighted by Gasteiger charge is -2.27. The molecule has 0 saturated heterocycles. The highest BCUT2D eigenvalue weighted by Gasteiger charge is 2.33. The molecule has 6 nitrogen and oxygen atoms in total. The van der Waals surface area contributed by atoms with E-state index in [0.717, 1.165) is 23.4 Å². The summed E-state index contributed by atoms with van der Waals surface area (Å²) in [4.78, 5) is 13.2. The van der Waals surface area contributed by atoms with Crippen LogP contribution in [0.2, 0.25) is 0 Å². The van der Waals surface area contributed by atoms with Gasteiger partial charge in [-0.1, -0.05) is 0 Å². The van der Waals surface area contributed by atoms with Gasteiger partial charge in [-0.2, -0.15) is 0 Å². The minimum Gasteiger partial charge on any atom is -0.385 e. The van der Waals surface area contributed by atoms with Gasteiger partial charge >= 0.3 is 0 Å². The summed E-state index contributed by atoms with van der Waals surface area (Å²) in [6, 6.07) is 4.52. The zero-order chi connectivity index (χ0) is 17.6. The van der Waals surface area contributed by atoms with E-state index in [1.807, 2.05) is 0 Å². The fourth-order valence-corrected chi connectivity index (χ4v) is 3.89. The molecule has 25 heavy (non-hydrogen) atoms. The molecule has 1 aromatic carbocycles. The topological polar surface area (TPSA) is 82.2 Å². The number of anilines is 2. The molecule has 1 aromatic heterocycles. The third-order valence-electron chi connectivity index (χ3n) is 5.23. The second-order valence-electron chi connectivity index (χ2n) is 6.66. The Bertz CT molecular complexity index is 833. The van der Waals surface area contributed by atoms with Crippen LogP contribution in [0.3, 0.4) is 0 Å². The number of nitrogens with one attached hydrogen (secondary N) is 1. The van der Waals surface area contributed by atoms with Crippen molar-refractivity contribution < 1.29 is 13.9 Å². The summed E-state index contributed by atoms with van der Waals surface area (Å²) in [5.41, 5.74) is 9.31. The average molecular weight is 344 g/mol. The molecule has 1 aliphatic carbocycles. The molecule has 1 unspecified atom stereocenters. The molecule has 0 amide bonds. The van der Waals surface area contributed by atoms with Crippen LogP contribution in [0.5, 0.6) is 0 Å². The summed E-state index contributed by atoms with van der Waals surface area (Å²) < 4.78 is 20.6. The highest BCUT2D eigenvalue weighted by atomic mass is 19.1. The Morgan fingerprint density at radius 3 is 3.08 bits per heavy atom. The molecule has 0 bridgehead atoms. The number of hydrogen-bond donors (Lipinski definition) is 2. The van der Waals surface area contributed by atoms with Crippen LogP contribution in [0.15, 0.2) is 18.2 Å². The van der Waals surface area contributed by atoms with Gasteiger partial charge in [0.05, 0.1) is 17.7 Å². The molecule has 1 aliphatic heterocycles. The first kappa shape index (κ1) is 16.1. The van der Waals surface area contributed by atoms with Gasteiger partial charge in [-0.15, -0.1) is 5.10 Å². The largest absolute Gasteiger partial charge is 0.385 e. The number of ether oxygens (including phenoxy) is 1. The van der Waals surface area contributed by atoms with Gasteiger partial charge < -0.3 is 15.8 Å². The van der Waals surface area contributed by atoms with Crippen molar-refractivity contribution >= 4 is 17.4 Å². The standard InChI is InChI=1S/C18H21FN4O2/c1-25-11-3-5-16-14(9-11)17(20)22-23(16)18(24)12-6-7-21-15-4-2-10(19)8-13(12)15/h2,4,8,11-12,21H,3,5-7,9H2,1H3,(H2,20,22)/t11?,12-/m1/s1. The van der Waals surface area contributed by atoms with Gasteiger partial charge in [-0.25, -0.2) is 9.07 Å². The van der Waals surface area contributed by atoms with Crippen LogP contribution in [0.1, 0.15) is 40.4 Å². The maximum Gasteiger partial charge on any atom is 0.254 e.